The van der Waals surface area contributed by atoms with E-state index in [1.807, 2.05) is 0 Å². The number of nitrogens with one attached hydrogen (secondary N) is 1. The van der Waals surface area contributed by atoms with Crippen LogP contribution in [0.3, 0.4) is 0 Å². The summed E-state index contributed by atoms with van der Waals surface area (Å²) < 4.78 is 0. The van der Waals surface area contributed by atoms with Crippen LogP contribution in [0, 0.1) is 11.8 Å². The molecule has 2 rings (SSSR count). The first kappa shape index (κ1) is 11.7. The molecule has 0 heterocycles. The quantitative estimate of drug-likeness (QED) is 0.795. The van der Waals surface area contributed by atoms with Gasteiger partial charge in [-0.3, -0.25) is 0 Å². The van der Waals surface area contributed by atoms with Gasteiger partial charge < -0.3 is 5.32 Å². The van der Waals surface area contributed by atoms with Gasteiger partial charge in [0.25, 0.3) is 0 Å². The summed E-state index contributed by atoms with van der Waals surface area (Å²) in [4.78, 5) is 0. The summed E-state index contributed by atoms with van der Waals surface area (Å²) in [6.07, 6.45) is 3.97. The van der Waals surface area contributed by atoms with Gasteiger partial charge in [0.15, 0.2) is 0 Å². The molecule has 0 aliphatic heterocycles. The minimum Gasteiger partial charge on any atom is -0.313 e. The zero-order valence-corrected chi connectivity index (χ0v) is 10.7. The van der Waals surface area contributed by atoms with Crippen molar-refractivity contribution >= 4 is 0 Å². The van der Waals surface area contributed by atoms with Crippen LogP contribution in [0.2, 0.25) is 0 Å². The Labute approximate surface area is 99.3 Å². The molecule has 2 atom stereocenters. The van der Waals surface area contributed by atoms with Crippen molar-refractivity contribution in [3.8, 4) is 0 Å². The maximum absolute atomic E-state index is 3.49. The molecule has 1 aliphatic rings. The van der Waals surface area contributed by atoms with Crippen molar-refractivity contribution in [2.45, 2.75) is 39.2 Å². The first-order valence-corrected chi connectivity index (χ1v) is 6.52. The minimum absolute atomic E-state index is 0.527. The van der Waals surface area contributed by atoms with E-state index in [-0.39, 0.29) is 0 Å². The van der Waals surface area contributed by atoms with E-state index in [1.54, 1.807) is 0 Å². The van der Waals surface area contributed by atoms with Gasteiger partial charge in [-0.1, -0.05) is 38.1 Å². The normalized spacial score (nSPS) is 19.4. The highest BCUT2D eigenvalue weighted by atomic mass is 14.9. The third-order valence-electron chi connectivity index (χ3n) is 3.92. The summed E-state index contributed by atoms with van der Waals surface area (Å²) in [5, 5.41) is 3.49. The molecule has 1 fully saturated rings. The third-order valence-corrected chi connectivity index (χ3v) is 3.92. The first-order chi connectivity index (χ1) is 7.76. The zero-order valence-electron chi connectivity index (χ0n) is 10.7. The van der Waals surface area contributed by atoms with Gasteiger partial charge >= 0.3 is 0 Å². The van der Waals surface area contributed by atoms with Crippen LogP contribution in [0.5, 0.6) is 0 Å². The zero-order chi connectivity index (χ0) is 11.5. The van der Waals surface area contributed by atoms with Gasteiger partial charge in [0.2, 0.25) is 0 Å². The second-order valence-corrected chi connectivity index (χ2v) is 5.06. The summed E-state index contributed by atoms with van der Waals surface area (Å²) in [5.74, 6) is 1.71. The van der Waals surface area contributed by atoms with E-state index in [1.165, 1.54) is 24.0 Å². The monoisotopic (exact) mass is 217 g/mol. The second kappa shape index (κ2) is 5.01. The predicted octanol–water partition coefficient (Wildman–Crippen LogP) is 3.56. The predicted molar refractivity (Wildman–Crippen MR) is 69.5 cm³/mol. The first-order valence-electron chi connectivity index (χ1n) is 6.52. The van der Waals surface area contributed by atoms with E-state index in [0.717, 1.165) is 18.3 Å². The number of hydrogen-bond acceptors (Lipinski definition) is 1. The molecule has 1 aromatic carbocycles. The fraction of sp³-hybridized carbons (Fsp3) is 0.600. The molecule has 0 aromatic heterocycles. The Morgan fingerprint density at radius 1 is 1.38 bits per heavy atom. The van der Waals surface area contributed by atoms with E-state index >= 15 is 0 Å². The Kier molecular flexibility index (Phi) is 3.65. The molecule has 1 heteroatoms. The van der Waals surface area contributed by atoms with E-state index in [0.29, 0.717) is 6.04 Å². The lowest BCUT2D eigenvalue weighted by atomic mass is 9.90. The lowest BCUT2D eigenvalue weighted by molar-refractivity contribution is 0.369. The molecule has 1 aromatic rings. The topological polar surface area (TPSA) is 12.0 Å². The molecule has 0 radical (unpaired) electrons. The van der Waals surface area contributed by atoms with Crippen molar-refractivity contribution in [2.24, 2.45) is 11.8 Å². The standard InChI is InChI=1S/C15H23N/c1-4-12-6-5-7-14(10-12)15(16-3)11(2)13-8-9-13/h5-7,10-11,13,15-16H,4,8-9H2,1-3H3. The fourth-order valence-corrected chi connectivity index (χ4v) is 2.63. The number of rotatable bonds is 5. The van der Waals surface area contributed by atoms with Crippen LogP contribution in [-0.2, 0) is 6.42 Å². The van der Waals surface area contributed by atoms with Gasteiger partial charge in [0.1, 0.15) is 0 Å². The Hall–Kier alpha value is -0.820. The van der Waals surface area contributed by atoms with E-state index in [9.17, 15) is 0 Å². The lowest BCUT2D eigenvalue weighted by Crippen LogP contribution is -2.24. The van der Waals surface area contributed by atoms with Crippen LogP contribution < -0.4 is 5.32 Å². The molecule has 0 saturated heterocycles. The van der Waals surface area contributed by atoms with Gasteiger partial charge in [0, 0.05) is 6.04 Å². The van der Waals surface area contributed by atoms with Crippen molar-refractivity contribution in [1.29, 1.82) is 0 Å². The summed E-state index contributed by atoms with van der Waals surface area (Å²) in [6.45, 7) is 4.61. The molecule has 0 amide bonds. The third kappa shape index (κ3) is 2.46. The SMILES string of the molecule is CCc1cccc(C(NC)C(C)C2CC2)c1. The average Bonchev–Trinajstić information content (AvgIpc) is 3.14. The van der Waals surface area contributed by atoms with Crippen molar-refractivity contribution < 1.29 is 0 Å². The summed E-state index contributed by atoms with van der Waals surface area (Å²) in [6, 6.07) is 9.56. The highest BCUT2D eigenvalue weighted by molar-refractivity contribution is 5.26. The van der Waals surface area contributed by atoms with Crippen molar-refractivity contribution in [3.63, 3.8) is 0 Å². The molecular formula is C15H23N. The Bertz CT molecular complexity index is 341. The van der Waals surface area contributed by atoms with Gasteiger partial charge in [-0.05, 0) is 49.3 Å². The molecule has 1 nitrogen and oxygen atoms in total. The van der Waals surface area contributed by atoms with Crippen molar-refractivity contribution in [3.05, 3.63) is 35.4 Å². The molecule has 0 bridgehead atoms. The van der Waals surface area contributed by atoms with E-state index in [2.05, 4.69) is 50.5 Å². The fourth-order valence-electron chi connectivity index (χ4n) is 2.63. The molecule has 0 spiro atoms. The van der Waals surface area contributed by atoms with Crippen LogP contribution in [0.4, 0.5) is 0 Å². The maximum atomic E-state index is 3.49. The molecule has 2 unspecified atom stereocenters. The van der Waals surface area contributed by atoms with Crippen molar-refractivity contribution in [1.82, 2.24) is 5.32 Å². The molecule has 1 N–H and O–H groups in total. The van der Waals surface area contributed by atoms with Gasteiger partial charge in [0.05, 0.1) is 0 Å². The molecule has 88 valence electrons. The van der Waals surface area contributed by atoms with Gasteiger partial charge in [-0.25, -0.2) is 0 Å². The maximum Gasteiger partial charge on any atom is 0.0346 e. The van der Waals surface area contributed by atoms with E-state index in [4.69, 9.17) is 0 Å². The number of benzene rings is 1. The summed E-state index contributed by atoms with van der Waals surface area (Å²) in [7, 11) is 2.09. The Balaban J connectivity index is 2.17. The van der Waals surface area contributed by atoms with Gasteiger partial charge in [-0.2, -0.15) is 0 Å². The van der Waals surface area contributed by atoms with Crippen LogP contribution >= 0.6 is 0 Å². The highest BCUT2D eigenvalue weighted by Crippen LogP contribution is 2.42. The summed E-state index contributed by atoms with van der Waals surface area (Å²) in [5.41, 5.74) is 2.90. The Morgan fingerprint density at radius 2 is 2.12 bits per heavy atom. The minimum atomic E-state index is 0.527. The van der Waals surface area contributed by atoms with Gasteiger partial charge in [-0.15, -0.1) is 0 Å². The number of aryl methyl sites for hydroxylation is 1. The van der Waals surface area contributed by atoms with Crippen molar-refractivity contribution in [2.75, 3.05) is 7.05 Å². The smallest absolute Gasteiger partial charge is 0.0346 e. The second-order valence-electron chi connectivity index (χ2n) is 5.06. The van der Waals surface area contributed by atoms with Crippen LogP contribution in [0.15, 0.2) is 24.3 Å². The van der Waals surface area contributed by atoms with Crippen LogP contribution in [0.25, 0.3) is 0 Å². The molecule has 1 aliphatic carbocycles. The van der Waals surface area contributed by atoms with Crippen LogP contribution in [0.1, 0.15) is 43.9 Å². The molecule has 16 heavy (non-hydrogen) atoms. The van der Waals surface area contributed by atoms with E-state index < -0.39 is 0 Å². The Morgan fingerprint density at radius 3 is 2.69 bits per heavy atom. The molecule has 1 saturated carbocycles. The largest absolute Gasteiger partial charge is 0.313 e. The van der Waals surface area contributed by atoms with Crippen LogP contribution in [-0.4, -0.2) is 7.05 Å². The molecular weight excluding hydrogens is 194 g/mol. The number of hydrogen-bond donors (Lipinski definition) is 1. The highest BCUT2D eigenvalue weighted by Gasteiger charge is 2.33. The average molecular weight is 217 g/mol. The summed E-state index contributed by atoms with van der Waals surface area (Å²) >= 11 is 0. The lowest BCUT2D eigenvalue weighted by Gasteiger charge is -2.24.